The number of nitrogens with zero attached hydrogens (tertiary/aromatic N) is 1. The van der Waals surface area contributed by atoms with Gasteiger partial charge in [0, 0.05) is 14.1 Å². The maximum atomic E-state index is 3.50. The molecule has 0 radical (unpaired) electrons. The van der Waals surface area contributed by atoms with Gasteiger partial charge >= 0.3 is 26.2 Å². The molecular formula is C20H19Cl2NZr. The van der Waals surface area contributed by atoms with E-state index in [1.54, 1.807) is 0 Å². The summed E-state index contributed by atoms with van der Waals surface area (Å²) in [6.45, 7) is 0. The average Bonchev–Trinajstić information content (AvgIpc) is 3.17. The summed E-state index contributed by atoms with van der Waals surface area (Å²) in [7, 11) is 4.11. The molecule has 0 aromatic heterocycles. The Bertz CT molecular complexity index is 707. The maximum Gasteiger partial charge on any atom is 4.00 e. The minimum absolute atomic E-state index is 0. The first-order valence-corrected chi connectivity index (χ1v) is 7.23. The number of hydrogen-bond donors (Lipinski definition) is 0. The monoisotopic (exact) mass is 433 g/mol. The first-order valence-electron chi connectivity index (χ1n) is 7.23. The van der Waals surface area contributed by atoms with Crippen LogP contribution in [0.3, 0.4) is 0 Å². The molecule has 3 aromatic rings. The fourth-order valence-electron chi connectivity index (χ4n) is 2.63. The van der Waals surface area contributed by atoms with Gasteiger partial charge in [-0.3, -0.25) is 0 Å². The Morgan fingerprint density at radius 1 is 0.875 bits per heavy atom. The molecule has 4 rings (SSSR count). The van der Waals surface area contributed by atoms with E-state index < -0.39 is 0 Å². The summed E-state index contributed by atoms with van der Waals surface area (Å²) in [5.74, 6) is 0. The van der Waals surface area contributed by atoms with Gasteiger partial charge in [0.1, 0.15) is 0 Å². The average molecular weight is 436 g/mol. The molecule has 0 amide bonds. The van der Waals surface area contributed by atoms with Crippen LogP contribution in [0.2, 0.25) is 0 Å². The van der Waals surface area contributed by atoms with Gasteiger partial charge < -0.3 is 29.7 Å². The van der Waals surface area contributed by atoms with Crippen LogP contribution in [0.1, 0.15) is 11.1 Å². The summed E-state index contributed by atoms with van der Waals surface area (Å²) in [6.07, 6.45) is 1.02. The van der Waals surface area contributed by atoms with Gasteiger partial charge in [0.05, 0.1) is 0 Å². The zero-order valence-electron chi connectivity index (χ0n) is 13.8. The Labute approximate surface area is 176 Å². The molecule has 1 nitrogen and oxygen atoms in total. The van der Waals surface area contributed by atoms with Crippen LogP contribution in [-0.4, -0.2) is 14.1 Å². The normalized spacial score (nSPS) is 9.75. The van der Waals surface area contributed by atoms with Crippen LogP contribution in [-0.2, 0) is 32.6 Å². The predicted octanol–water partition coefficient (Wildman–Crippen LogP) is -1.47. The van der Waals surface area contributed by atoms with E-state index in [0.29, 0.717) is 0 Å². The molecule has 24 heavy (non-hydrogen) atoms. The van der Waals surface area contributed by atoms with Crippen molar-refractivity contribution < 1.29 is 51.0 Å². The molecule has 1 aliphatic carbocycles. The number of hydrogen-bond acceptors (Lipinski definition) is 1. The first kappa shape index (κ1) is 23.1. The molecule has 0 heterocycles. The Morgan fingerprint density at radius 2 is 1.54 bits per heavy atom. The van der Waals surface area contributed by atoms with E-state index in [4.69, 9.17) is 0 Å². The van der Waals surface area contributed by atoms with Crippen molar-refractivity contribution in [2.24, 2.45) is 0 Å². The molecule has 0 N–H and O–H groups in total. The van der Waals surface area contributed by atoms with Gasteiger partial charge in [0.2, 0.25) is 0 Å². The van der Waals surface area contributed by atoms with Gasteiger partial charge in [0.25, 0.3) is 0 Å². The van der Waals surface area contributed by atoms with E-state index in [0.717, 1.165) is 12.1 Å². The van der Waals surface area contributed by atoms with Gasteiger partial charge in [0.15, 0.2) is 0 Å². The zero-order valence-corrected chi connectivity index (χ0v) is 17.7. The fourth-order valence-corrected chi connectivity index (χ4v) is 2.63. The van der Waals surface area contributed by atoms with Crippen molar-refractivity contribution in [3.05, 3.63) is 83.9 Å². The van der Waals surface area contributed by atoms with E-state index in [-0.39, 0.29) is 51.0 Å². The van der Waals surface area contributed by atoms with Crippen molar-refractivity contribution in [2.75, 3.05) is 19.0 Å². The molecule has 0 unspecified atom stereocenters. The van der Waals surface area contributed by atoms with Gasteiger partial charge in [-0.15, -0.1) is 17.2 Å². The first-order chi connectivity index (χ1) is 10.3. The molecule has 1 aliphatic rings. The SMILES string of the molecule is CN(C)c1[c-]c2c(cc1)-c1ccccc1C2.[Cl-].[Cl-].[Zr+4].c1cc[cH-]c1. The Balaban J connectivity index is 0.000000578. The van der Waals surface area contributed by atoms with E-state index in [1.807, 2.05) is 30.3 Å². The predicted molar refractivity (Wildman–Crippen MR) is 89.9 cm³/mol. The second-order valence-electron chi connectivity index (χ2n) is 5.43. The van der Waals surface area contributed by atoms with Crippen molar-refractivity contribution in [3.8, 4) is 11.1 Å². The van der Waals surface area contributed by atoms with E-state index in [9.17, 15) is 0 Å². The molecular weight excluding hydrogens is 416 g/mol. The Hall–Kier alpha value is -0.947. The molecule has 0 bridgehead atoms. The minimum atomic E-state index is 0. The van der Waals surface area contributed by atoms with Crippen molar-refractivity contribution in [3.63, 3.8) is 0 Å². The van der Waals surface area contributed by atoms with Crippen LogP contribution >= 0.6 is 0 Å². The second kappa shape index (κ2) is 10.8. The number of halogens is 2. The second-order valence-corrected chi connectivity index (χ2v) is 5.43. The van der Waals surface area contributed by atoms with Crippen LogP contribution in [0.5, 0.6) is 0 Å². The Morgan fingerprint density at radius 3 is 2.12 bits per heavy atom. The summed E-state index contributed by atoms with van der Waals surface area (Å²) >= 11 is 0. The zero-order chi connectivity index (χ0) is 14.7. The van der Waals surface area contributed by atoms with Crippen LogP contribution in [0.15, 0.2) is 66.7 Å². The van der Waals surface area contributed by atoms with Gasteiger partial charge in [-0.2, -0.15) is 30.3 Å². The maximum absolute atomic E-state index is 3.50. The molecule has 0 spiro atoms. The van der Waals surface area contributed by atoms with Gasteiger partial charge in [-0.25, -0.2) is 12.1 Å². The third kappa shape index (κ3) is 5.28. The van der Waals surface area contributed by atoms with Crippen LogP contribution in [0.25, 0.3) is 11.1 Å². The van der Waals surface area contributed by atoms with Crippen molar-refractivity contribution in [2.45, 2.75) is 6.42 Å². The van der Waals surface area contributed by atoms with Crippen molar-refractivity contribution in [1.82, 2.24) is 0 Å². The van der Waals surface area contributed by atoms with Crippen molar-refractivity contribution in [1.29, 1.82) is 0 Å². The summed E-state index contributed by atoms with van der Waals surface area (Å²) in [4.78, 5) is 2.10. The third-order valence-corrected chi connectivity index (χ3v) is 3.72. The summed E-state index contributed by atoms with van der Waals surface area (Å²) in [6, 6.07) is 26.5. The third-order valence-electron chi connectivity index (χ3n) is 3.72. The van der Waals surface area contributed by atoms with Gasteiger partial charge in [-0.1, -0.05) is 41.1 Å². The number of benzene rings is 2. The minimum Gasteiger partial charge on any atom is -1.00 e. The largest absolute Gasteiger partial charge is 4.00 e. The standard InChI is InChI=1S/C15H14N.C5H5.2ClH.Zr/c1-16(2)13-7-8-15-12(10-13)9-11-5-3-4-6-14(11)15;1-2-4-5-3-1;;;/h3-8H,9H2,1-2H3;1-5H;2*1H;/q2*-1;;;+4/p-2. The molecule has 4 heteroatoms. The molecule has 0 atom stereocenters. The smallest absolute Gasteiger partial charge is 1.00 e. The van der Waals surface area contributed by atoms with Crippen LogP contribution in [0.4, 0.5) is 5.69 Å². The molecule has 0 aliphatic heterocycles. The number of fused-ring (bicyclic) bond motifs is 3. The van der Waals surface area contributed by atoms with Gasteiger partial charge in [-0.05, 0) is 6.42 Å². The summed E-state index contributed by atoms with van der Waals surface area (Å²) in [5, 5.41) is 0. The Kier molecular flexibility index (Phi) is 10.4. The van der Waals surface area contributed by atoms with E-state index in [2.05, 4.69) is 61.5 Å². The quantitative estimate of drug-likeness (QED) is 0.330. The summed E-state index contributed by atoms with van der Waals surface area (Å²) < 4.78 is 0. The van der Waals surface area contributed by atoms with Crippen LogP contribution < -0.4 is 29.7 Å². The molecule has 0 saturated heterocycles. The van der Waals surface area contributed by atoms with Crippen LogP contribution in [0, 0.1) is 6.07 Å². The van der Waals surface area contributed by atoms with Crippen molar-refractivity contribution >= 4 is 5.69 Å². The molecule has 3 aromatic carbocycles. The fraction of sp³-hybridized carbons (Fsp3) is 0.150. The number of anilines is 1. The summed E-state index contributed by atoms with van der Waals surface area (Å²) in [5.41, 5.74) is 6.63. The molecule has 0 saturated carbocycles. The topological polar surface area (TPSA) is 3.24 Å². The number of rotatable bonds is 1. The molecule has 122 valence electrons. The van der Waals surface area contributed by atoms with E-state index >= 15 is 0 Å². The molecule has 0 fully saturated rings. The van der Waals surface area contributed by atoms with E-state index in [1.165, 1.54) is 22.3 Å².